The molecule has 0 fully saturated rings. The van der Waals surface area contributed by atoms with Gasteiger partial charge in [0.1, 0.15) is 17.2 Å². The lowest BCUT2D eigenvalue weighted by atomic mass is 10.0. The van der Waals surface area contributed by atoms with E-state index in [1.807, 2.05) is 70.5 Å². The Morgan fingerprint density at radius 1 is 0.359 bits per heavy atom. The van der Waals surface area contributed by atoms with E-state index in [1.165, 1.54) is 132 Å². The average molecular weight is 953 g/mol. The van der Waals surface area contributed by atoms with E-state index in [4.69, 9.17) is 14.2 Å². The molecule has 0 aliphatic carbocycles. The summed E-state index contributed by atoms with van der Waals surface area (Å²) in [5.74, 6) is 3.73. The van der Waals surface area contributed by atoms with Crippen LogP contribution in [0.5, 0.6) is 17.2 Å². The summed E-state index contributed by atoms with van der Waals surface area (Å²) in [4.78, 5) is 38.2. The molecule has 3 aromatic rings. The molecule has 0 amide bonds. The molecule has 0 saturated heterocycles. The zero-order valence-electron chi connectivity index (χ0n) is 39.8. The molecule has 6 nitrogen and oxygen atoms in total. The molecule has 10 heteroatoms. The minimum atomic E-state index is -0.545. The summed E-state index contributed by atoms with van der Waals surface area (Å²) in [5, 5.41) is 0. The minimum Gasteiger partial charge on any atom is -0.427 e. The summed E-state index contributed by atoms with van der Waals surface area (Å²) in [6.07, 6.45) is 29.5. The van der Waals surface area contributed by atoms with Gasteiger partial charge in [0.25, 0.3) is 0 Å². The van der Waals surface area contributed by atoms with Crippen molar-refractivity contribution >= 4 is 57.6 Å². The molecule has 0 aromatic heterocycles. The molecule has 0 atom stereocenters. The minimum absolute atomic E-state index is 0.203. The molecule has 0 unspecified atom stereocenters. The molecule has 3 rings (SSSR count). The van der Waals surface area contributed by atoms with Gasteiger partial charge in [-0.05, 0) is 128 Å². The summed E-state index contributed by atoms with van der Waals surface area (Å²) in [6.45, 7) is 6.74. The van der Waals surface area contributed by atoms with E-state index in [0.29, 0.717) is 36.5 Å². The fourth-order valence-corrected chi connectivity index (χ4v) is 17.9. The Balaban J connectivity index is 1.38. The van der Waals surface area contributed by atoms with Crippen LogP contribution in [0.25, 0.3) is 0 Å². The molecule has 0 aliphatic heterocycles. The fraction of sp³-hybridized carbons (Fsp3) is 0.611. The molecular weight excluding hydrogens is 872 g/mol. The highest BCUT2D eigenvalue weighted by atomic mass is 33.4. The van der Waals surface area contributed by atoms with Crippen LogP contribution in [0.1, 0.15) is 192 Å². The Hall–Kier alpha value is -2.45. The third-order valence-corrected chi connectivity index (χ3v) is 22.4. The molecule has 64 heavy (non-hydrogen) atoms. The van der Waals surface area contributed by atoms with Crippen molar-refractivity contribution in [2.24, 2.45) is 0 Å². The Morgan fingerprint density at radius 2 is 0.609 bits per heavy atom. The largest absolute Gasteiger partial charge is 0.427 e. The van der Waals surface area contributed by atoms with Crippen LogP contribution in [-0.4, -0.2) is 35.2 Å². The third-order valence-electron chi connectivity index (χ3n) is 11.1. The Kier molecular flexibility index (Phi) is 32.8. The van der Waals surface area contributed by atoms with Gasteiger partial charge in [-0.2, -0.15) is 0 Å². The zero-order valence-corrected chi connectivity index (χ0v) is 43.1. The fourth-order valence-electron chi connectivity index (χ4n) is 7.23. The second-order valence-electron chi connectivity index (χ2n) is 16.9. The van der Waals surface area contributed by atoms with Gasteiger partial charge in [-0.15, -0.1) is 34.1 Å². The van der Waals surface area contributed by atoms with Crippen molar-refractivity contribution in [3.63, 3.8) is 0 Å². The van der Waals surface area contributed by atoms with Crippen LogP contribution in [0.4, 0.5) is 0 Å². The van der Waals surface area contributed by atoms with Crippen LogP contribution in [0.15, 0.2) is 72.8 Å². The average Bonchev–Trinajstić information content (AvgIpc) is 3.30. The van der Waals surface area contributed by atoms with Gasteiger partial charge in [0, 0.05) is 19.3 Å². The molecule has 3 aromatic carbocycles. The van der Waals surface area contributed by atoms with E-state index in [9.17, 15) is 14.4 Å². The number of aryl methyl sites for hydroxylation is 3. The summed E-state index contributed by atoms with van der Waals surface area (Å²) >= 11 is 5.65. The van der Waals surface area contributed by atoms with Gasteiger partial charge in [-0.1, -0.05) is 153 Å². The lowest BCUT2D eigenvalue weighted by Crippen LogP contribution is -2.08. The van der Waals surface area contributed by atoms with Gasteiger partial charge in [-0.25, -0.2) is 0 Å². The van der Waals surface area contributed by atoms with E-state index in [-0.39, 0.29) is 17.9 Å². The van der Waals surface area contributed by atoms with Gasteiger partial charge in [0.2, 0.25) is 0 Å². The van der Waals surface area contributed by atoms with Crippen molar-refractivity contribution in [3.8, 4) is 17.2 Å². The van der Waals surface area contributed by atoms with Crippen LogP contribution < -0.4 is 14.2 Å². The maximum atomic E-state index is 12.7. The molecule has 0 N–H and O–H groups in total. The van der Waals surface area contributed by atoms with Crippen molar-refractivity contribution in [2.45, 2.75) is 194 Å². The maximum absolute atomic E-state index is 12.7. The van der Waals surface area contributed by atoms with Gasteiger partial charge >= 0.3 is 17.9 Å². The van der Waals surface area contributed by atoms with Crippen LogP contribution >= 0.6 is 39.7 Å². The van der Waals surface area contributed by atoms with E-state index in [1.54, 1.807) is 0 Å². The van der Waals surface area contributed by atoms with Crippen molar-refractivity contribution in [1.82, 2.24) is 0 Å². The van der Waals surface area contributed by atoms with Gasteiger partial charge in [0.05, 0.1) is 5.53 Å². The van der Waals surface area contributed by atoms with Gasteiger partial charge in [0.15, 0.2) is 0 Å². The van der Waals surface area contributed by atoms with Crippen LogP contribution in [0, 0.1) is 0 Å². The zero-order chi connectivity index (χ0) is 45.7. The predicted molar refractivity (Wildman–Crippen MR) is 279 cm³/mol. The monoisotopic (exact) mass is 952 g/mol. The SMILES string of the molecule is CCCCCCCCc1ccc(OC(=O)CCCSP(SCCCC(=O)Oc2ccc(CCCCCCCC)cc2)SCCCC(=O)Oc2ccc(CCCCCCCC)cc2)cc1. The van der Waals surface area contributed by atoms with Crippen molar-refractivity contribution in [2.75, 3.05) is 17.3 Å². The van der Waals surface area contributed by atoms with Crippen molar-refractivity contribution in [1.29, 1.82) is 0 Å². The number of benzene rings is 3. The quantitative estimate of drug-likeness (QED) is 0.0240. The first-order chi connectivity index (χ1) is 31.4. The lowest BCUT2D eigenvalue weighted by molar-refractivity contribution is -0.135. The molecule has 0 bridgehead atoms. The van der Waals surface area contributed by atoms with E-state index in [2.05, 4.69) is 57.2 Å². The molecule has 0 spiro atoms. The lowest BCUT2D eigenvalue weighted by Gasteiger charge is -2.15. The molecule has 0 heterocycles. The number of esters is 3. The smallest absolute Gasteiger partial charge is 0.311 e. The van der Waals surface area contributed by atoms with E-state index in [0.717, 1.165) is 55.8 Å². The topological polar surface area (TPSA) is 78.9 Å². The van der Waals surface area contributed by atoms with Gasteiger partial charge < -0.3 is 14.2 Å². The normalized spacial score (nSPS) is 11.2. The number of unbranched alkanes of at least 4 members (excludes halogenated alkanes) is 15. The highest BCUT2D eigenvalue weighted by Crippen LogP contribution is 2.70. The number of hydrogen-bond donors (Lipinski definition) is 0. The second kappa shape index (κ2) is 37.6. The molecule has 0 saturated carbocycles. The van der Waals surface area contributed by atoms with Gasteiger partial charge in [-0.3, -0.25) is 14.4 Å². The van der Waals surface area contributed by atoms with Crippen molar-refractivity contribution in [3.05, 3.63) is 89.5 Å². The number of carbonyl (C=O) groups is 3. The number of ether oxygens (including phenoxy) is 3. The number of carbonyl (C=O) groups excluding carboxylic acids is 3. The predicted octanol–water partition coefficient (Wildman–Crippen LogP) is 17.3. The Labute approximate surface area is 402 Å². The summed E-state index contributed by atoms with van der Waals surface area (Å²) in [7, 11) is 0. The van der Waals surface area contributed by atoms with E-state index >= 15 is 0 Å². The van der Waals surface area contributed by atoms with Crippen LogP contribution in [-0.2, 0) is 33.6 Å². The highest BCUT2D eigenvalue weighted by Gasteiger charge is 2.15. The second-order valence-corrected chi connectivity index (χ2v) is 27.1. The molecular formula is C54H81O6PS3. The highest BCUT2D eigenvalue weighted by molar-refractivity contribution is 9.12. The molecule has 0 radical (unpaired) electrons. The van der Waals surface area contributed by atoms with Crippen LogP contribution in [0.2, 0.25) is 0 Å². The maximum Gasteiger partial charge on any atom is 0.311 e. The Bertz CT molecular complexity index is 1440. The third kappa shape index (κ3) is 28.6. The summed E-state index contributed by atoms with van der Waals surface area (Å²) in [6, 6.07) is 24.0. The Morgan fingerprint density at radius 3 is 0.875 bits per heavy atom. The number of hydrogen-bond acceptors (Lipinski definition) is 9. The molecule has 0 aliphatic rings. The first-order valence-electron chi connectivity index (χ1n) is 25.0. The standard InChI is InChI=1S/C54H81O6PS3/c1-4-7-10-13-16-19-25-46-31-37-49(38-32-46)58-52(55)28-22-43-62-61(63-44-23-29-53(56)59-50-39-33-47(34-40-50)26-20-17-14-11-8-5-2)64-45-24-30-54(57)60-51-41-35-48(36-42-51)27-21-18-15-12-9-6-3/h31-42H,4-30,43-45H2,1-3H3. The van der Waals surface area contributed by atoms with Crippen molar-refractivity contribution < 1.29 is 28.6 Å². The summed E-state index contributed by atoms with van der Waals surface area (Å²) in [5.41, 5.74) is 3.32. The first-order valence-corrected chi connectivity index (χ1v) is 31.1. The summed E-state index contributed by atoms with van der Waals surface area (Å²) < 4.78 is 17.0. The first kappa shape index (κ1) is 55.9. The number of rotatable bonds is 39. The molecule has 356 valence electrons. The van der Waals surface area contributed by atoms with Crippen LogP contribution in [0.3, 0.4) is 0 Å². The van der Waals surface area contributed by atoms with E-state index < -0.39 is 5.53 Å².